The van der Waals surface area contributed by atoms with Gasteiger partial charge in [0.2, 0.25) is 0 Å². The third-order valence-corrected chi connectivity index (χ3v) is 3.12. The summed E-state index contributed by atoms with van der Waals surface area (Å²) in [6, 6.07) is 4.17. The molecule has 15 heavy (non-hydrogen) atoms. The van der Waals surface area contributed by atoms with Crippen molar-refractivity contribution in [3.63, 3.8) is 0 Å². The lowest BCUT2D eigenvalue weighted by molar-refractivity contribution is 0.807. The van der Waals surface area contributed by atoms with Gasteiger partial charge >= 0.3 is 0 Å². The van der Waals surface area contributed by atoms with Crippen molar-refractivity contribution in [1.29, 1.82) is 0 Å². The standard InChI is InChI=1S/C11H14N4/c1-7-13-11-9(10-5-8(10)6-12)3-2-4-15(11)14-7/h2-4,8,10H,5-6,12H2,1H3. The summed E-state index contributed by atoms with van der Waals surface area (Å²) in [5.74, 6) is 2.07. The molecular formula is C11H14N4. The summed E-state index contributed by atoms with van der Waals surface area (Å²) in [4.78, 5) is 4.45. The van der Waals surface area contributed by atoms with Crippen LogP contribution in [0.3, 0.4) is 0 Å². The van der Waals surface area contributed by atoms with Gasteiger partial charge in [-0.25, -0.2) is 9.50 Å². The van der Waals surface area contributed by atoms with Crippen LogP contribution in [-0.4, -0.2) is 21.1 Å². The average Bonchev–Trinajstić information content (AvgIpc) is 2.91. The van der Waals surface area contributed by atoms with Crippen molar-refractivity contribution < 1.29 is 0 Å². The van der Waals surface area contributed by atoms with Gasteiger partial charge in [0.05, 0.1) is 0 Å². The van der Waals surface area contributed by atoms with Gasteiger partial charge in [-0.05, 0) is 37.8 Å². The van der Waals surface area contributed by atoms with Crippen LogP contribution in [0.25, 0.3) is 5.65 Å². The Bertz CT molecular complexity index is 502. The molecule has 0 radical (unpaired) electrons. The predicted octanol–water partition coefficient (Wildman–Crippen LogP) is 1.10. The van der Waals surface area contributed by atoms with Crippen LogP contribution >= 0.6 is 0 Å². The van der Waals surface area contributed by atoms with Gasteiger partial charge in [0.15, 0.2) is 5.65 Å². The van der Waals surface area contributed by atoms with Crippen molar-refractivity contribution in [2.24, 2.45) is 11.7 Å². The van der Waals surface area contributed by atoms with E-state index in [2.05, 4.69) is 16.1 Å². The number of nitrogens with zero attached hydrogens (tertiary/aromatic N) is 3. The van der Waals surface area contributed by atoms with Crippen molar-refractivity contribution in [2.45, 2.75) is 19.3 Å². The second-order valence-corrected chi connectivity index (χ2v) is 4.23. The first-order valence-corrected chi connectivity index (χ1v) is 5.31. The minimum atomic E-state index is 0.599. The molecule has 2 atom stereocenters. The Morgan fingerprint density at radius 1 is 1.60 bits per heavy atom. The smallest absolute Gasteiger partial charge is 0.159 e. The Kier molecular flexibility index (Phi) is 1.79. The molecule has 0 amide bonds. The van der Waals surface area contributed by atoms with Crippen molar-refractivity contribution in [3.8, 4) is 0 Å². The van der Waals surface area contributed by atoms with E-state index in [0.29, 0.717) is 11.8 Å². The highest BCUT2D eigenvalue weighted by atomic mass is 15.3. The van der Waals surface area contributed by atoms with Gasteiger partial charge in [-0.15, -0.1) is 0 Å². The van der Waals surface area contributed by atoms with Crippen LogP contribution in [0.5, 0.6) is 0 Å². The fourth-order valence-corrected chi connectivity index (χ4v) is 2.21. The third kappa shape index (κ3) is 1.33. The van der Waals surface area contributed by atoms with Crippen LogP contribution in [0.1, 0.15) is 23.7 Å². The Morgan fingerprint density at radius 2 is 2.47 bits per heavy atom. The number of aryl methyl sites for hydroxylation is 1. The van der Waals surface area contributed by atoms with Crippen LogP contribution in [-0.2, 0) is 0 Å². The maximum atomic E-state index is 5.67. The molecule has 1 fully saturated rings. The molecule has 1 aliphatic rings. The molecule has 0 aliphatic heterocycles. The van der Waals surface area contributed by atoms with Crippen LogP contribution in [0.2, 0.25) is 0 Å². The molecule has 1 saturated carbocycles. The normalized spacial score (nSPS) is 24.7. The Morgan fingerprint density at radius 3 is 3.20 bits per heavy atom. The predicted molar refractivity (Wildman–Crippen MR) is 57.6 cm³/mol. The summed E-state index contributed by atoms with van der Waals surface area (Å²) in [6.45, 7) is 2.70. The molecule has 2 N–H and O–H groups in total. The number of fused-ring (bicyclic) bond motifs is 1. The molecular weight excluding hydrogens is 188 g/mol. The first kappa shape index (κ1) is 8.85. The molecule has 0 bridgehead atoms. The van der Waals surface area contributed by atoms with Crippen molar-refractivity contribution in [3.05, 3.63) is 29.7 Å². The van der Waals surface area contributed by atoms with Gasteiger partial charge in [0.25, 0.3) is 0 Å². The molecule has 2 aromatic rings. The first-order chi connectivity index (χ1) is 7.29. The van der Waals surface area contributed by atoms with E-state index < -0.39 is 0 Å². The van der Waals surface area contributed by atoms with Gasteiger partial charge in [0, 0.05) is 11.8 Å². The minimum Gasteiger partial charge on any atom is -0.330 e. The zero-order chi connectivity index (χ0) is 10.4. The second-order valence-electron chi connectivity index (χ2n) is 4.23. The van der Waals surface area contributed by atoms with Gasteiger partial charge in [-0.3, -0.25) is 0 Å². The molecule has 0 spiro atoms. The maximum Gasteiger partial charge on any atom is 0.159 e. The molecule has 4 heteroatoms. The number of nitrogens with two attached hydrogens (primary N) is 1. The summed E-state index contributed by atoms with van der Waals surface area (Å²) in [5, 5.41) is 4.31. The summed E-state index contributed by atoms with van der Waals surface area (Å²) in [6.07, 6.45) is 3.14. The molecule has 0 aromatic carbocycles. The summed E-state index contributed by atoms with van der Waals surface area (Å²) < 4.78 is 1.86. The number of hydrogen-bond acceptors (Lipinski definition) is 3. The molecule has 2 unspecified atom stereocenters. The highest BCUT2D eigenvalue weighted by Gasteiger charge is 2.38. The fraction of sp³-hybridized carbons (Fsp3) is 0.455. The lowest BCUT2D eigenvalue weighted by atomic mass is 10.1. The summed E-state index contributed by atoms with van der Waals surface area (Å²) in [7, 11) is 0. The number of rotatable bonds is 2. The van der Waals surface area contributed by atoms with Crippen LogP contribution in [0.4, 0.5) is 0 Å². The molecule has 4 nitrogen and oxygen atoms in total. The highest BCUT2D eigenvalue weighted by molar-refractivity contribution is 5.51. The van der Waals surface area contributed by atoms with E-state index >= 15 is 0 Å². The molecule has 2 aromatic heterocycles. The number of pyridine rings is 1. The van der Waals surface area contributed by atoms with Gasteiger partial charge in [0.1, 0.15) is 5.82 Å². The first-order valence-electron chi connectivity index (χ1n) is 5.31. The van der Waals surface area contributed by atoms with E-state index in [1.165, 1.54) is 12.0 Å². The Labute approximate surface area is 88.1 Å². The summed E-state index contributed by atoms with van der Waals surface area (Å²) >= 11 is 0. The zero-order valence-electron chi connectivity index (χ0n) is 8.72. The zero-order valence-corrected chi connectivity index (χ0v) is 8.72. The van der Waals surface area contributed by atoms with Gasteiger partial charge in [-0.2, -0.15) is 5.10 Å². The third-order valence-electron chi connectivity index (χ3n) is 3.12. The SMILES string of the molecule is Cc1nc2c(C3CC3CN)cccn2n1. The molecule has 78 valence electrons. The Balaban J connectivity index is 2.10. The topological polar surface area (TPSA) is 56.2 Å². The quantitative estimate of drug-likeness (QED) is 0.793. The average molecular weight is 202 g/mol. The van der Waals surface area contributed by atoms with Crippen LogP contribution in [0.15, 0.2) is 18.3 Å². The van der Waals surface area contributed by atoms with Crippen LogP contribution < -0.4 is 5.73 Å². The Hall–Kier alpha value is -1.42. The maximum absolute atomic E-state index is 5.67. The van der Waals surface area contributed by atoms with Crippen molar-refractivity contribution in [1.82, 2.24) is 14.6 Å². The summed E-state index contributed by atoms with van der Waals surface area (Å²) in [5.41, 5.74) is 7.96. The van der Waals surface area contributed by atoms with Crippen molar-refractivity contribution >= 4 is 5.65 Å². The van der Waals surface area contributed by atoms with E-state index in [-0.39, 0.29) is 0 Å². The molecule has 0 saturated heterocycles. The van der Waals surface area contributed by atoms with Gasteiger partial charge < -0.3 is 5.73 Å². The van der Waals surface area contributed by atoms with Gasteiger partial charge in [-0.1, -0.05) is 6.07 Å². The largest absolute Gasteiger partial charge is 0.330 e. The molecule has 2 heterocycles. The van der Waals surface area contributed by atoms with E-state index in [1.807, 2.05) is 23.7 Å². The minimum absolute atomic E-state index is 0.599. The van der Waals surface area contributed by atoms with E-state index in [0.717, 1.165) is 18.0 Å². The van der Waals surface area contributed by atoms with E-state index in [9.17, 15) is 0 Å². The lowest BCUT2D eigenvalue weighted by Crippen LogP contribution is -2.02. The number of aromatic nitrogens is 3. The van der Waals surface area contributed by atoms with Crippen LogP contribution in [0, 0.1) is 12.8 Å². The second kappa shape index (κ2) is 3.03. The molecule has 3 rings (SSSR count). The fourth-order valence-electron chi connectivity index (χ4n) is 2.21. The van der Waals surface area contributed by atoms with E-state index in [1.54, 1.807) is 0 Å². The monoisotopic (exact) mass is 202 g/mol. The van der Waals surface area contributed by atoms with E-state index in [4.69, 9.17) is 5.73 Å². The van der Waals surface area contributed by atoms with Crippen molar-refractivity contribution in [2.75, 3.05) is 6.54 Å². The highest BCUT2D eigenvalue weighted by Crippen LogP contribution is 2.47. The lowest BCUT2D eigenvalue weighted by Gasteiger charge is -2.00. The molecule has 1 aliphatic carbocycles. The number of hydrogen-bond donors (Lipinski definition) is 1.